The molecule has 0 amide bonds. The molecular formula is C42H43N2O6P3+2. The van der Waals surface area contributed by atoms with Crippen molar-refractivity contribution in [3.05, 3.63) is 179 Å². The zero-order chi connectivity index (χ0) is 37.2. The van der Waals surface area contributed by atoms with Gasteiger partial charge in [-0.2, -0.15) is 0 Å². The van der Waals surface area contributed by atoms with Crippen molar-refractivity contribution in [3.63, 3.8) is 0 Å². The van der Waals surface area contributed by atoms with E-state index in [0.717, 1.165) is 33.4 Å². The Labute approximate surface area is 315 Å². The van der Waals surface area contributed by atoms with E-state index in [9.17, 15) is 0 Å². The first kappa shape index (κ1) is 37.8. The average molecular weight is 765 g/mol. The standard InChI is InChI=1S/C42H43N2O6P3/c1-31-19-7-13-25-37(31)45-51(46-38-26-14-8-20-32(38)2)43-53(49-41-29-17-11-23-35(41)5,50-42-30-18-12-24-36(42)6)44-52(47-39-27-15-9-21-33(39)3)48-40-28-16-10-22-34(40)4/h7-30,43H,1-6H3/q+2. The molecule has 6 aromatic carbocycles. The molecule has 0 aromatic heterocycles. The van der Waals surface area contributed by atoms with Gasteiger partial charge < -0.3 is 9.05 Å². The Morgan fingerprint density at radius 3 is 1.02 bits per heavy atom. The maximum absolute atomic E-state index is 7.05. The number of nitrogens with zero attached hydrogens (tertiary/aromatic N) is 1. The van der Waals surface area contributed by atoms with E-state index >= 15 is 0 Å². The van der Waals surface area contributed by atoms with Gasteiger partial charge in [-0.1, -0.05) is 109 Å². The molecule has 6 aromatic rings. The van der Waals surface area contributed by atoms with Crippen LogP contribution >= 0.6 is 24.7 Å². The number of rotatable bonds is 15. The highest BCUT2D eigenvalue weighted by molar-refractivity contribution is 7.75. The van der Waals surface area contributed by atoms with Gasteiger partial charge in [-0.05, 0) is 116 Å². The van der Waals surface area contributed by atoms with E-state index in [0.29, 0.717) is 34.5 Å². The van der Waals surface area contributed by atoms with Crippen molar-refractivity contribution in [2.75, 3.05) is 0 Å². The van der Waals surface area contributed by atoms with E-state index in [1.165, 1.54) is 0 Å². The number of aryl methyl sites for hydroxylation is 6. The maximum Gasteiger partial charge on any atom is 0.715 e. The summed E-state index contributed by atoms with van der Waals surface area (Å²) in [5, 5.41) is 0. The first-order valence-corrected chi connectivity index (χ1v) is 21.0. The fourth-order valence-electron chi connectivity index (χ4n) is 5.00. The van der Waals surface area contributed by atoms with Crippen molar-refractivity contribution in [2.45, 2.75) is 41.5 Å². The summed E-state index contributed by atoms with van der Waals surface area (Å²) in [6.07, 6.45) is 0. The van der Waals surface area contributed by atoms with Crippen LogP contribution in [0.5, 0.6) is 34.5 Å². The molecule has 0 atom stereocenters. The van der Waals surface area contributed by atoms with Gasteiger partial charge in [0, 0.05) is 0 Å². The Kier molecular flexibility index (Phi) is 12.6. The third kappa shape index (κ3) is 10.1. The van der Waals surface area contributed by atoms with E-state index < -0.39 is 24.7 Å². The fourth-order valence-corrected chi connectivity index (χ4v) is 10.9. The lowest BCUT2D eigenvalue weighted by molar-refractivity contribution is 0.435. The molecule has 0 saturated heterocycles. The molecule has 11 heteroatoms. The zero-order valence-electron chi connectivity index (χ0n) is 30.6. The summed E-state index contributed by atoms with van der Waals surface area (Å²) in [7, 11) is -7.98. The summed E-state index contributed by atoms with van der Waals surface area (Å²) in [4.78, 5) is 3.58. The second kappa shape index (κ2) is 17.7. The minimum Gasteiger partial charge on any atom is -0.425 e. The van der Waals surface area contributed by atoms with Gasteiger partial charge in [-0.25, -0.2) is 9.05 Å². The first-order chi connectivity index (χ1) is 25.7. The molecule has 0 spiro atoms. The SMILES string of the molecule is Cc1ccccc1OP(N[P+](N=[P+](Oc1ccccc1C)Oc1ccccc1C)(Oc1ccccc1C)Oc1ccccc1C)Oc1ccccc1C. The maximum atomic E-state index is 7.05. The molecule has 6 rings (SSSR count). The number of hydrogen-bond donors (Lipinski definition) is 1. The Morgan fingerprint density at radius 1 is 0.415 bits per heavy atom. The van der Waals surface area contributed by atoms with Crippen molar-refractivity contribution in [3.8, 4) is 34.5 Å². The van der Waals surface area contributed by atoms with E-state index in [1.54, 1.807) is 0 Å². The largest absolute Gasteiger partial charge is 0.715 e. The van der Waals surface area contributed by atoms with Crippen LogP contribution in [0.2, 0.25) is 0 Å². The molecule has 0 aliphatic heterocycles. The summed E-state index contributed by atoms with van der Waals surface area (Å²) in [6.45, 7) is 11.9. The normalized spacial score (nSPS) is 11.1. The van der Waals surface area contributed by atoms with Gasteiger partial charge >= 0.3 is 24.7 Å². The van der Waals surface area contributed by atoms with E-state index in [2.05, 4.69) is 4.86 Å². The van der Waals surface area contributed by atoms with E-state index in [-0.39, 0.29) is 0 Å². The van der Waals surface area contributed by atoms with Crippen LogP contribution in [0.15, 0.2) is 150 Å². The Balaban J connectivity index is 1.57. The second-order valence-corrected chi connectivity index (χ2v) is 17.0. The minimum absolute atomic E-state index is 0.564. The van der Waals surface area contributed by atoms with Crippen molar-refractivity contribution in [1.82, 2.24) is 4.86 Å². The third-order valence-electron chi connectivity index (χ3n) is 8.12. The lowest BCUT2D eigenvalue weighted by Crippen LogP contribution is -2.24. The third-order valence-corrected chi connectivity index (χ3v) is 13.6. The first-order valence-electron chi connectivity index (χ1n) is 17.1. The highest BCUT2D eigenvalue weighted by Crippen LogP contribution is 2.67. The molecule has 1 N–H and O–H groups in total. The average Bonchev–Trinajstić information content (AvgIpc) is 3.14. The summed E-state index contributed by atoms with van der Waals surface area (Å²) in [5.41, 5.74) is 5.49. The summed E-state index contributed by atoms with van der Waals surface area (Å²) in [6, 6.07) is 46.6. The summed E-state index contributed by atoms with van der Waals surface area (Å²) in [5.74, 6) is 3.65. The monoisotopic (exact) mass is 764 g/mol. The van der Waals surface area contributed by atoms with E-state index in [4.69, 9.17) is 31.7 Å². The molecule has 0 aliphatic rings. The molecule has 53 heavy (non-hydrogen) atoms. The number of para-hydroxylation sites is 6. The topological polar surface area (TPSA) is 79.8 Å². The number of nitrogens with one attached hydrogen (secondary N) is 1. The van der Waals surface area contributed by atoms with Crippen LogP contribution in [-0.2, 0) is 0 Å². The van der Waals surface area contributed by atoms with Crippen LogP contribution in [0.25, 0.3) is 0 Å². The van der Waals surface area contributed by atoms with Gasteiger partial charge in [0.15, 0.2) is 23.0 Å². The van der Waals surface area contributed by atoms with Crippen molar-refractivity contribution in [1.29, 1.82) is 0 Å². The molecule has 0 unspecified atom stereocenters. The van der Waals surface area contributed by atoms with Gasteiger partial charge in [-0.3, -0.25) is 9.05 Å². The second-order valence-electron chi connectivity index (χ2n) is 12.3. The van der Waals surface area contributed by atoms with Crippen LogP contribution in [-0.4, -0.2) is 0 Å². The molecule has 0 bridgehead atoms. The molecule has 0 radical (unpaired) electrons. The van der Waals surface area contributed by atoms with Gasteiger partial charge in [0.25, 0.3) is 0 Å². The quantitative estimate of drug-likeness (QED) is 0.104. The highest BCUT2D eigenvalue weighted by atomic mass is 31.3. The molecule has 0 fully saturated rings. The lowest BCUT2D eigenvalue weighted by atomic mass is 10.2. The summed E-state index contributed by atoms with van der Waals surface area (Å²) >= 11 is 0. The number of benzene rings is 6. The van der Waals surface area contributed by atoms with Crippen molar-refractivity contribution in [2.24, 2.45) is 4.52 Å². The predicted molar refractivity (Wildman–Crippen MR) is 217 cm³/mol. The predicted octanol–water partition coefficient (Wildman–Crippen LogP) is 13.3. The van der Waals surface area contributed by atoms with Crippen LogP contribution in [0.3, 0.4) is 0 Å². The highest BCUT2D eigenvalue weighted by Gasteiger charge is 2.60. The van der Waals surface area contributed by atoms with Crippen molar-refractivity contribution >= 4 is 24.7 Å². The molecule has 0 aliphatic carbocycles. The van der Waals surface area contributed by atoms with Crippen LogP contribution in [0, 0.1) is 41.5 Å². The zero-order valence-corrected chi connectivity index (χ0v) is 33.3. The van der Waals surface area contributed by atoms with Crippen LogP contribution in [0.4, 0.5) is 0 Å². The van der Waals surface area contributed by atoms with Gasteiger partial charge in [-0.15, -0.1) is 0 Å². The number of hydrogen-bond acceptors (Lipinski definition) is 8. The van der Waals surface area contributed by atoms with Gasteiger partial charge in [0.05, 0.1) is 0 Å². The lowest BCUT2D eigenvalue weighted by Gasteiger charge is -2.23. The molecule has 270 valence electrons. The smallest absolute Gasteiger partial charge is 0.425 e. The Hall–Kier alpha value is -4.96. The molecule has 0 saturated carbocycles. The van der Waals surface area contributed by atoms with Gasteiger partial charge in [0.2, 0.25) is 4.52 Å². The summed E-state index contributed by atoms with van der Waals surface area (Å²) < 4.78 is 46.2. The van der Waals surface area contributed by atoms with Gasteiger partial charge in [0.1, 0.15) is 11.5 Å². The van der Waals surface area contributed by atoms with Crippen LogP contribution in [0.1, 0.15) is 33.4 Å². The Morgan fingerprint density at radius 2 is 0.698 bits per heavy atom. The Bertz CT molecular complexity index is 2050. The van der Waals surface area contributed by atoms with Crippen LogP contribution < -0.4 is 32.0 Å². The molecule has 8 nitrogen and oxygen atoms in total. The fraction of sp³-hybridized carbons (Fsp3) is 0.143. The van der Waals surface area contributed by atoms with Crippen molar-refractivity contribution < 1.29 is 27.1 Å². The molecular weight excluding hydrogens is 721 g/mol. The molecule has 0 heterocycles. The van der Waals surface area contributed by atoms with E-state index in [1.807, 2.05) is 187 Å². The minimum atomic E-state index is -3.78.